The second-order valence-electron chi connectivity index (χ2n) is 4.76. The third-order valence-corrected chi connectivity index (χ3v) is 3.40. The maximum Gasteiger partial charge on any atom is 0.170 e. The quantitative estimate of drug-likeness (QED) is 0.814. The number of ether oxygens (including phenoxy) is 1. The topological polar surface area (TPSA) is 52.3 Å². The summed E-state index contributed by atoms with van der Waals surface area (Å²) < 4.78 is 5.64. The van der Waals surface area contributed by atoms with E-state index in [4.69, 9.17) is 10.5 Å². The van der Waals surface area contributed by atoms with Crippen LogP contribution in [-0.2, 0) is 6.42 Å². The van der Waals surface area contributed by atoms with Crippen LogP contribution in [0.1, 0.15) is 36.2 Å². The van der Waals surface area contributed by atoms with Crippen LogP contribution in [-0.4, -0.2) is 18.4 Å². The van der Waals surface area contributed by atoms with Crippen molar-refractivity contribution in [2.45, 2.75) is 32.7 Å². The Morgan fingerprint density at radius 2 is 2.18 bits per heavy atom. The van der Waals surface area contributed by atoms with Crippen molar-refractivity contribution in [2.75, 3.05) is 6.61 Å². The molecule has 0 radical (unpaired) electrons. The van der Waals surface area contributed by atoms with E-state index in [-0.39, 0.29) is 17.7 Å². The number of nitrogens with two attached hydrogens (primary N) is 1. The van der Waals surface area contributed by atoms with Crippen LogP contribution in [0.4, 0.5) is 0 Å². The molecule has 0 aliphatic carbocycles. The van der Waals surface area contributed by atoms with E-state index in [1.807, 2.05) is 32.0 Å². The Labute approximate surface area is 102 Å². The molecule has 1 heterocycles. The van der Waals surface area contributed by atoms with E-state index >= 15 is 0 Å². The summed E-state index contributed by atoms with van der Waals surface area (Å²) in [5.74, 6) is 0.682. The summed E-state index contributed by atoms with van der Waals surface area (Å²) in [6, 6.07) is 5.66. The average molecular weight is 233 g/mol. The zero-order valence-electron chi connectivity index (χ0n) is 10.4. The van der Waals surface area contributed by atoms with E-state index in [1.54, 1.807) is 0 Å². The minimum Gasteiger partial charge on any atom is -0.493 e. The Morgan fingerprint density at radius 1 is 1.41 bits per heavy atom. The van der Waals surface area contributed by atoms with Crippen molar-refractivity contribution in [3.8, 4) is 5.75 Å². The Bertz CT molecular complexity index is 426. The largest absolute Gasteiger partial charge is 0.493 e. The summed E-state index contributed by atoms with van der Waals surface area (Å²) in [5.41, 5.74) is 7.61. The van der Waals surface area contributed by atoms with E-state index < -0.39 is 0 Å². The first-order valence-electron chi connectivity index (χ1n) is 6.15. The number of Topliss-reactive ketones (excluding diaryl/α,β-unsaturated/α-hetero) is 1. The van der Waals surface area contributed by atoms with Gasteiger partial charge < -0.3 is 10.5 Å². The van der Waals surface area contributed by atoms with Gasteiger partial charge in [0.1, 0.15) is 5.75 Å². The van der Waals surface area contributed by atoms with Crippen molar-refractivity contribution in [2.24, 2.45) is 11.7 Å². The number of carbonyl (C=O) groups excluding carboxylic acids is 1. The number of aryl methyl sites for hydroxylation is 1. The lowest BCUT2D eigenvalue weighted by molar-refractivity contribution is 0.0912. The van der Waals surface area contributed by atoms with E-state index in [0.29, 0.717) is 12.2 Å². The molecule has 2 N–H and O–H groups in total. The van der Waals surface area contributed by atoms with Gasteiger partial charge in [-0.05, 0) is 31.4 Å². The van der Waals surface area contributed by atoms with Gasteiger partial charge in [-0.1, -0.05) is 19.1 Å². The number of hydrogen-bond acceptors (Lipinski definition) is 3. The third-order valence-electron chi connectivity index (χ3n) is 3.40. The number of fused-ring (bicyclic) bond motifs is 1. The van der Waals surface area contributed by atoms with Crippen molar-refractivity contribution >= 4 is 5.78 Å². The maximum atomic E-state index is 12.3. The van der Waals surface area contributed by atoms with Gasteiger partial charge in [-0.3, -0.25) is 4.79 Å². The van der Waals surface area contributed by atoms with Gasteiger partial charge in [0.2, 0.25) is 0 Å². The van der Waals surface area contributed by atoms with Crippen LogP contribution in [0.25, 0.3) is 0 Å². The molecule has 2 rings (SSSR count). The summed E-state index contributed by atoms with van der Waals surface area (Å²) in [6.07, 6.45) is 2.01. The lowest BCUT2D eigenvalue weighted by atomic mass is 9.91. The summed E-state index contributed by atoms with van der Waals surface area (Å²) in [5, 5.41) is 0. The summed E-state index contributed by atoms with van der Waals surface area (Å²) in [4.78, 5) is 12.3. The first-order valence-corrected chi connectivity index (χ1v) is 6.15. The molecule has 1 aromatic carbocycles. The first-order chi connectivity index (χ1) is 8.11. The highest BCUT2D eigenvalue weighted by molar-refractivity contribution is 6.00. The van der Waals surface area contributed by atoms with Gasteiger partial charge in [-0.2, -0.15) is 0 Å². The fourth-order valence-electron chi connectivity index (χ4n) is 2.07. The zero-order valence-corrected chi connectivity index (χ0v) is 10.4. The Balaban J connectivity index is 2.35. The van der Waals surface area contributed by atoms with Gasteiger partial charge in [-0.15, -0.1) is 0 Å². The fraction of sp³-hybridized carbons (Fsp3) is 0.500. The molecular weight excluding hydrogens is 214 g/mol. The van der Waals surface area contributed by atoms with Crippen molar-refractivity contribution in [1.29, 1.82) is 0 Å². The number of ketones is 1. The highest BCUT2D eigenvalue weighted by Gasteiger charge is 2.24. The average Bonchev–Trinajstić information content (AvgIpc) is 2.36. The van der Waals surface area contributed by atoms with Crippen molar-refractivity contribution < 1.29 is 9.53 Å². The monoisotopic (exact) mass is 233 g/mol. The van der Waals surface area contributed by atoms with Crippen LogP contribution < -0.4 is 10.5 Å². The standard InChI is InChI=1S/C14H19NO2/c1-9(10(2)15)13(16)12-7-3-5-11-6-4-8-17-14(11)12/h3,5,7,9-10H,4,6,8,15H2,1-2H3. The van der Waals surface area contributed by atoms with Crippen molar-refractivity contribution in [3.63, 3.8) is 0 Å². The molecule has 92 valence electrons. The lowest BCUT2D eigenvalue weighted by Crippen LogP contribution is -2.31. The summed E-state index contributed by atoms with van der Waals surface area (Å²) in [6.45, 7) is 4.43. The van der Waals surface area contributed by atoms with Crippen LogP contribution in [0, 0.1) is 5.92 Å². The summed E-state index contributed by atoms with van der Waals surface area (Å²) >= 11 is 0. The molecule has 17 heavy (non-hydrogen) atoms. The molecule has 0 aromatic heterocycles. The second-order valence-corrected chi connectivity index (χ2v) is 4.76. The number of rotatable bonds is 3. The highest BCUT2D eigenvalue weighted by atomic mass is 16.5. The third kappa shape index (κ3) is 2.34. The molecule has 0 fully saturated rings. The number of benzene rings is 1. The smallest absolute Gasteiger partial charge is 0.170 e. The first kappa shape index (κ1) is 12.1. The van der Waals surface area contributed by atoms with Crippen LogP contribution in [0.2, 0.25) is 0 Å². The molecule has 0 spiro atoms. The molecule has 3 heteroatoms. The fourth-order valence-corrected chi connectivity index (χ4v) is 2.07. The molecule has 1 aliphatic rings. The van der Waals surface area contributed by atoms with Crippen LogP contribution >= 0.6 is 0 Å². The van der Waals surface area contributed by atoms with Gasteiger partial charge in [0.05, 0.1) is 12.2 Å². The zero-order chi connectivity index (χ0) is 12.4. The predicted molar refractivity (Wildman–Crippen MR) is 67.4 cm³/mol. The van der Waals surface area contributed by atoms with Crippen LogP contribution in [0.3, 0.4) is 0 Å². The molecule has 0 saturated heterocycles. The van der Waals surface area contributed by atoms with Gasteiger partial charge in [0.15, 0.2) is 5.78 Å². The molecule has 0 amide bonds. The molecule has 3 nitrogen and oxygen atoms in total. The normalized spacial score (nSPS) is 17.8. The van der Waals surface area contributed by atoms with E-state index in [2.05, 4.69) is 0 Å². The number of hydrogen-bond donors (Lipinski definition) is 1. The molecule has 0 saturated carbocycles. The molecule has 1 aromatic rings. The van der Waals surface area contributed by atoms with Gasteiger partial charge in [-0.25, -0.2) is 0 Å². The molecule has 1 aliphatic heterocycles. The van der Waals surface area contributed by atoms with Crippen molar-refractivity contribution in [1.82, 2.24) is 0 Å². The van der Waals surface area contributed by atoms with E-state index in [9.17, 15) is 4.79 Å². The maximum absolute atomic E-state index is 12.3. The lowest BCUT2D eigenvalue weighted by Gasteiger charge is -2.22. The Hall–Kier alpha value is -1.35. The molecule has 0 bridgehead atoms. The highest BCUT2D eigenvalue weighted by Crippen LogP contribution is 2.30. The Morgan fingerprint density at radius 3 is 2.88 bits per heavy atom. The summed E-state index contributed by atoms with van der Waals surface area (Å²) in [7, 11) is 0. The predicted octanol–water partition coefficient (Wildman–Crippen LogP) is 2.18. The minimum atomic E-state index is -0.174. The number of para-hydroxylation sites is 1. The van der Waals surface area contributed by atoms with Gasteiger partial charge >= 0.3 is 0 Å². The minimum absolute atomic E-state index is 0.0822. The van der Waals surface area contributed by atoms with E-state index in [0.717, 1.165) is 24.2 Å². The van der Waals surface area contributed by atoms with Gasteiger partial charge in [0, 0.05) is 12.0 Å². The molecule has 2 unspecified atom stereocenters. The second kappa shape index (κ2) is 4.88. The van der Waals surface area contributed by atoms with Gasteiger partial charge in [0.25, 0.3) is 0 Å². The van der Waals surface area contributed by atoms with Crippen LogP contribution in [0.5, 0.6) is 5.75 Å². The Kier molecular flexibility index (Phi) is 3.48. The van der Waals surface area contributed by atoms with Crippen LogP contribution in [0.15, 0.2) is 18.2 Å². The van der Waals surface area contributed by atoms with Crippen molar-refractivity contribution in [3.05, 3.63) is 29.3 Å². The number of carbonyl (C=O) groups is 1. The van der Waals surface area contributed by atoms with E-state index in [1.165, 1.54) is 0 Å². The molecular formula is C14H19NO2. The SMILES string of the molecule is CC(N)C(C)C(=O)c1cccc2c1OCCC2. The molecule has 2 atom stereocenters.